The van der Waals surface area contributed by atoms with Gasteiger partial charge in [0.2, 0.25) is 5.91 Å². The van der Waals surface area contributed by atoms with Crippen LogP contribution in [-0.2, 0) is 22.4 Å². The molecule has 3 rings (SSSR count). The van der Waals surface area contributed by atoms with Crippen molar-refractivity contribution >= 4 is 5.91 Å². The summed E-state index contributed by atoms with van der Waals surface area (Å²) in [6.07, 6.45) is 5.06. The van der Waals surface area contributed by atoms with Crippen LogP contribution in [0.1, 0.15) is 37.7 Å². The Hall–Kier alpha value is -1.61. The minimum absolute atomic E-state index is 0.0333. The van der Waals surface area contributed by atoms with Gasteiger partial charge in [0.15, 0.2) is 0 Å². The van der Waals surface area contributed by atoms with Crippen LogP contribution in [0, 0.1) is 11.8 Å². The molecule has 8 nitrogen and oxygen atoms in total. The quantitative estimate of drug-likeness (QED) is 0.565. The van der Waals surface area contributed by atoms with E-state index in [-0.39, 0.29) is 30.4 Å². The van der Waals surface area contributed by atoms with Gasteiger partial charge in [-0.05, 0) is 37.7 Å². The first-order valence-corrected chi connectivity index (χ1v) is 10.6. The topological polar surface area (TPSA) is 108 Å². The lowest BCUT2D eigenvalue weighted by molar-refractivity contribution is -0.129. The van der Waals surface area contributed by atoms with Crippen molar-refractivity contribution in [1.82, 2.24) is 20.2 Å². The average Bonchev–Trinajstić information content (AvgIpc) is 3.01. The molecule has 1 saturated carbocycles. The number of nitrogens with one attached hydrogen (secondary N) is 1. The highest BCUT2D eigenvalue weighted by Gasteiger charge is 2.43. The molecule has 1 aromatic rings. The minimum Gasteiger partial charge on any atom is -0.396 e. The number of hydrogen-bond acceptors (Lipinski definition) is 7. The molecule has 1 amide bonds. The highest BCUT2D eigenvalue weighted by atomic mass is 16.5. The second kappa shape index (κ2) is 10.4. The van der Waals surface area contributed by atoms with Gasteiger partial charge in [-0.1, -0.05) is 0 Å². The van der Waals surface area contributed by atoms with E-state index in [1.807, 2.05) is 11.0 Å². The first-order chi connectivity index (χ1) is 14.0. The van der Waals surface area contributed by atoms with E-state index in [0.29, 0.717) is 31.9 Å². The molecule has 2 aliphatic rings. The van der Waals surface area contributed by atoms with Gasteiger partial charge < -0.3 is 25.2 Å². The van der Waals surface area contributed by atoms with E-state index in [4.69, 9.17) is 4.74 Å². The molecule has 162 valence electrons. The van der Waals surface area contributed by atoms with Crippen LogP contribution >= 0.6 is 0 Å². The van der Waals surface area contributed by atoms with Crippen molar-refractivity contribution in [2.45, 2.75) is 57.2 Å². The summed E-state index contributed by atoms with van der Waals surface area (Å²) in [5.74, 6) is 0.823. The number of aromatic nitrogens is 2. The van der Waals surface area contributed by atoms with Crippen molar-refractivity contribution in [3.63, 3.8) is 0 Å². The number of nitrogens with zero attached hydrogens (tertiary/aromatic N) is 3. The lowest BCUT2D eigenvalue weighted by Gasteiger charge is -2.35. The molecule has 0 radical (unpaired) electrons. The van der Waals surface area contributed by atoms with Crippen LogP contribution in [0.4, 0.5) is 0 Å². The summed E-state index contributed by atoms with van der Waals surface area (Å²) < 4.78 is 5.11. The van der Waals surface area contributed by atoms with Crippen molar-refractivity contribution in [2.24, 2.45) is 11.8 Å². The molecule has 1 aromatic heterocycles. The van der Waals surface area contributed by atoms with Crippen LogP contribution in [0.3, 0.4) is 0 Å². The Morgan fingerprint density at radius 2 is 2.10 bits per heavy atom. The van der Waals surface area contributed by atoms with E-state index in [2.05, 4.69) is 15.3 Å². The van der Waals surface area contributed by atoms with Crippen molar-refractivity contribution in [3.8, 4) is 0 Å². The molecular weight excluding hydrogens is 372 g/mol. The summed E-state index contributed by atoms with van der Waals surface area (Å²) in [5.41, 5.74) is 0.932. The number of aliphatic hydroxyl groups is 2. The Morgan fingerprint density at radius 1 is 1.34 bits per heavy atom. The molecule has 2 heterocycles. The van der Waals surface area contributed by atoms with Gasteiger partial charge in [-0.2, -0.15) is 0 Å². The first kappa shape index (κ1) is 22.1. The molecule has 0 aromatic carbocycles. The van der Waals surface area contributed by atoms with Gasteiger partial charge in [-0.15, -0.1) is 0 Å². The zero-order valence-electron chi connectivity index (χ0n) is 17.5. The van der Waals surface area contributed by atoms with Gasteiger partial charge in [0.1, 0.15) is 5.82 Å². The van der Waals surface area contributed by atoms with Gasteiger partial charge in [-0.25, -0.2) is 9.97 Å². The molecule has 1 saturated heterocycles. The van der Waals surface area contributed by atoms with Crippen molar-refractivity contribution in [3.05, 3.63) is 23.8 Å². The zero-order valence-corrected chi connectivity index (χ0v) is 17.5. The molecule has 1 aliphatic heterocycles. The predicted octanol–water partition coefficient (Wildman–Crippen LogP) is 0.166. The number of hydrogen-bond donors (Lipinski definition) is 3. The summed E-state index contributed by atoms with van der Waals surface area (Å²) in [6, 6.07) is 2.36. The predicted molar refractivity (Wildman–Crippen MR) is 108 cm³/mol. The lowest BCUT2D eigenvalue weighted by Crippen LogP contribution is -2.49. The highest BCUT2D eigenvalue weighted by Crippen LogP contribution is 2.35. The van der Waals surface area contributed by atoms with Crippen LogP contribution in [0.15, 0.2) is 12.3 Å². The third-order valence-corrected chi connectivity index (χ3v) is 6.40. The maximum atomic E-state index is 11.5. The summed E-state index contributed by atoms with van der Waals surface area (Å²) in [5, 5.41) is 24.1. The van der Waals surface area contributed by atoms with E-state index >= 15 is 0 Å². The monoisotopic (exact) mass is 406 g/mol. The Morgan fingerprint density at radius 3 is 2.76 bits per heavy atom. The fraction of sp³-hybridized carbons (Fsp3) is 0.762. The fourth-order valence-corrected chi connectivity index (χ4v) is 4.71. The minimum atomic E-state index is -0.519. The number of ether oxygens (including phenoxy) is 1. The largest absolute Gasteiger partial charge is 0.396 e. The van der Waals surface area contributed by atoms with Crippen molar-refractivity contribution in [1.29, 1.82) is 0 Å². The Balaban J connectivity index is 1.65. The van der Waals surface area contributed by atoms with Gasteiger partial charge in [0, 0.05) is 70.0 Å². The van der Waals surface area contributed by atoms with Crippen LogP contribution in [0.2, 0.25) is 0 Å². The van der Waals surface area contributed by atoms with Gasteiger partial charge in [0.25, 0.3) is 0 Å². The van der Waals surface area contributed by atoms with Crippen molar-refractivity contribution < 1.29 is 19.7 Å². The number of methoxy groups -OCH3 is 1. The molecule has 2 fully saturated rings. The highest BCUT2D eigenvalue weighted by molar-refractivity contribution is 5.73. The number of likely N-dealkylation sites (tertiary alicyclic amines) is 1. The van der Waals surface area contributed by atoms with Crippen molar-refractivity contribution in [2.75, 3.05) is 33.4 Å². The van der Waals surface area contributed by atoms with Gasteiger partial charge in [-0.3, -0.25) is 4.79 Å². The van der Waals surface area contributed by atoms with Crippen LogP contribution < -0.4 is 5.32 Å². The first-order valence-electron chi connectivity index (χ1n) is 10.6. The third-order valence-electron chi connectivity index (χ3n) is 6.40. The van der Waals surface area contributed by atoms with Crippen LogP contribution in [0.5, 0.6) is 0 Å². The summed E-state index contributed by atoms with van der Waals surface area (Å²) in [4.78, 5) is 22.4. The molecule has 1 aliphatic carbocycles. The molecule has 4 atom stereocenters. The Labute approximate surface area is 172 Å². The van der Waals surface area contributed by atoms with E-state index < -0.39 is 6.10 Å². The number of rotatable bonds is 8. The maximum Gasteiger partial charge on any atom is 0.219 e. The van der Waals surface area contributed by atoms with Gasteiger partial charge >= 0.3 is 0 Å². The Kier molecular flexibility index (Phi) is 7.94. The van der Waals surface area contributed by atoms with Crippen LogP contribution in [-0.4, -0.2) is 82.6 Å². The standard InChI is InChI=1S/C21H34N4O4/c1-14(27)25-8-4-15(5-9-25)23-19-12-20(28)18(13-26)17(19)11-16-3-7-22-21(24-16)6-10-29-2/h3,7,15,17-20,23,26,28H,4-6,8-13H2,1-2H3. The maximum absolute atomic E-state index is 11.5. The number of aliphatic hydroxyl groups excluding tert-OH is 2. The normalized spacial score (nSPS) is 28.1. The molecule has 0 spiro atoms. The smallest absolute Gasteiger partial charge is 0.219 e. The van der Waals surface area contributed by atoms with E-state index in [1.54, 1.807) is 20.2 Å². The molecule has 8 heteroatoms. The second-order valence-electron chi connectivity index (χ2n) is 8.28. The zero-order chi connectivity index (χ0) is 20.8. The molecule has 3 N–H and O–H groups in total. The average molecular weight is 407 g/mol. The Bertz CT molecular complexity index is 666. The summed E-state index contributed by atoms with van der Waals surface area (Å²) in [7, 11) is 1.66. The summed E-state index contributed by atoms with van der Waals surface area (Å²) in [6.45, 7) is 3.70. The lowest BCUT2D eigenvalue weighted by atomic mass is 9.88. The number of carbonyl (C=O) groups excluding carboxylic acids is 1. The molecule has 0 bridgehead atoms. The third kappa shape index (κ3) is 5.72. The number of amides is 1. The molecule has 29 heavy (non-hydrogen) atoms. The summed E-state index contributed by atoms with van der Waals surface area (Å²) >= 11 is 0. The van der Waals surface area contributed by atoms with E-state index in [1.165, 1.54) is 0 Å². The number of piperidine rings is 1. The van der Waals surface area contributed by atoms with E-state index in [0.717, 1.165) is 37.4 Å². The second-order valence-corrected chi connectivity index (χ2v) is 8.28. The SMILES string of the molecule is COCCc1nccc(CC2C(NC3CCN(C(C)=O)CC3)CC(O)C2CO)n1. The van der Waals surface area contributed by atoms with E-state index in [9.17, 15) is 15.0 Å². The number of carbonyl (C=O) groups is 1. The van der Waals surface area contributed by atoms with Crippen LogP contribution in [0.25, 0.3) is 0 Å². The molecule has 4 unspecified atom stereocenters. The van der Waals surface area contributed by atoms with Gasteiger partial charge in [0.05, 0.1) is 12.7 Å². The molecular formula is C21H34N4O4. The fourth-order valence-electron chi connectivity index (χ4n) is 4.71.